The number of imidazole rings is 1. The molecule has 1 aromatic carbocycles. The predicted octanol–water partition coefficient (Wildman–Crippen LogP) is 3.18. The van der Waals surface area contributed by atoms with Crippen LogP contribution in [0, 0.1) is 11.3 Å². The Morgan fingerprint density at radius 3 is 2.51 bits per heavy atom. The molecule has 11 nitrogen and oxygen atoms in total. The van der Waals surface area contributed by atoms with Crippen molar-refractivity contribution in [1.82, 2.24) is 29.1 Å². The Morgan fingerprint density at radius 2 is 1.77 bits per heavy atom. The number of morpholine rings is 1. The van der Waals surface area contributed by atoms with E-state index < -0.39 is 43.2 Å². The molecule has 0 spiro atoms. The van der Waals surface area contributed by atoms with Gasteiger partial charge in [0.25, 0.3) is 11.8 Å². The van der Waals surface area contributed by atoms with E-state index in [-0.39, 0.29) is 36.3 Å². The zero-order chi connectivity index (χ0) is 30.3. The number of fused-ring (bicyclic) bond motifs is 1. The molecular weight excluding hydrogens is 574 g/mol. The van der Waals surface area contributed by atoms with E-state index in [1.54, 1.807) is 45.6 Å². The summed E-state index contributed by atoms with van der Waals surface area (Å²) in [6, 6.07) is 9.35. The quantitative estimate of drug-likeness (QED) is 0.281. The van der Waals surface area contributed by atoms with Gasteiger partial charge in [-0.1, -0.05) is 6.07 Å². The van der Waals surface area contributed by atoms with E-state index in [0.717, 1.165) is 4.90 Å². The number of pyridine rings is 1. The first-order chi connectivity index (χ1) is 20.4. The monoisotopic (exact) mass is 593 g/mol. The van der Waals surface area contributed by atoms with Crippen LogP contribution >= 0.6 is 0 Å². The lowest BCUT2D eigenvalue weighted by molar-refractivity contribution is -0.400. The number of ether oxygens (including phenoxy) is 1. The van der Waals surface area contributed by atoms with Gasteiger partial charge in [-0.05, 0) is 29.8 Å². The number of alkyl halides is 4. The molecule has 1 N–H and O–H groups in total. The number of halogens is 4. The molecule has 0 saturated carbocycles. The molecule has 43 heavy (non-hydrogen) atoms. The fourth-order valence-corrected chi connectivity index (χ4v) is 5.96. The van der Waals surface area contributed by atoms with Crippen molar-refractivity contribution in [1.29, 1.82) is 5.26 Å². The molecule has 0 aliphatic carbocycles. The molecule has 1 fully saturated rings. The number of carbonyl (C=O) groups is 3. The highest BCUT2D eigenvalue weighted by Gasteiger charge is 2.53. The number of nitriles is 1. The standard InChI is InChI=1S/C28H19F4N7O4/c29-27(30)13-38(14-28(31,32)43-27)26(42)37-6-5-36-12-18(17-8-15(9-33)7-16(11-37)23(17)36)21-22(25(41)35-24(21)40)19-10-34-20-3-1-2-4-39(19)20/h1-4,7-8,10,12H,5-6,11,13-14H2,(H,35,40,41). The molecule has 3 aliphatic rings. The van der Waals surface area contributed by atoms with E-state index in [4.69, 9.17) is 0 Å². The van der Waals surface area contributed by atoms with Crippen LogP contribution in [0.3, 0.4) is 0 Å². The van der Waals surface area contributed by atoms with Gasteiger partial charge in [-0.15, -0.1) is 0 Å². The number of aromatic nitrogens is 3. The highest BCUT2D eigenvalue weighted by atomic mass is 19.3. The second kappa shape index (κ2) is 9.13. The number of hydrogen-bond acceptors (Lipinski definition) is 6. The van der Waals surface area contributed by atoms with Crippen molar-refractivity contribution in [3.8, 4) is 6.07 Å². The molecule has 6 heterocycles. The van der Waals surface area contributed by atoms with Crippen LogP contribution in [0.15, 0.2) is 48.9 Å². The highest BCUT2D eigenvalue weighted by Crippen LogP contribution is 2.39. The zero-order valence-electron chi connectivity index (χ0n) is 22.0. The second-order valence-electron chi connectivity index (χ2n) is 10.4. The van der Waals surface area contributed by atoms with Gasteiger partial charge in [0.15, 0.2) is 0 Å². The number of carbonyl (C=O) groups excluding carboxylic acids is 3. The number of nitrogens with zero attached hydrogens (tertiary/aromatic N) is 6. The molecule has 218 valence electrons. The Hall–Kier alpha value is -5.23. The topological polar surface area (TPSA) is 125 Å². The summed E-state index contributed by atoms with van der Waals surface area (Å²) in [5, 5.41) is 12.6. The molecule has 0 radical (unpaired) electrons. The lowest BCUT2D eigenvalue weighted by atomic mass is 9.97. The van der Waals surface area contributed by atoms with Crippen molar-refractivity contribution in [3.63, 3.8) is 0 Å². The minimum Gasteiger partial charge on any atom is -0.345 e. The molecule has 7 rings (SSSR count). The summed E-state index contributed by atoms with van der Waals surface area (Å²) in [5.41, 5.74) is 2.62. The van der Waals surface area contributed by atoms with Gasteiger partial charge in [0, 0.05) is 43.0 Å². The molecule has 15 heteroatoms. The predicted molar refractivity (Wildman–Crippen MR) is 140 cm³/mol. The van der Waals surface area contributed by atoms with Gasteiger partial charge < -0.3 is 14.4 Å². The molecular formula is C28H19F4N7O4. The molecule has 0 bridgehead atoms. The van der Waals surface area contributed by atoms with E-state index in [9.17, 15) is 37.2 Å². The van der Waals surface area contributed by atoms with Crippen molar-refractivity contribution in [2.75, 3.05) is 19.6 Å². The van der Waals surface area contributed by atoms with Gasteiger partial charge in [0.2, 0.25) is 0 Å². The molecule has 4 aromatic rings. The second-order valence-corrected chi connectivity index (χ2v) is 10.4. The third-order valence-corrected chi connectivity index (χ3v) is 7.62. The van der Waals surface area contributed by atoms with Crippen molar-refractivity contribution in [2.24, 2.45) is 0 Å². The molecule has 1 saturated heterocycles. The fraction of sp³-hybridized carbons (Fsp3) is 0.250. The van der Waals surface area contributed by atoms with E-state index >= 15 is 0 Å². The first-order valence-electron chi connectivity index (χ1n) is 13.0. The van der Waals surface area contributed by atoms with Gasteiger partial charge in [-0.2, -0.15) is 22.8 Å². The van der Waals surface area contributed by atoms with Gasteiger partial charge in [0.1, 0.15) is 18.7 Å². The van der Waals surface area contributed by atoms with Crippen molar-refractivity contribution < 1.29 is 36.7 Å². The third kappa shape index (κ3) is 4.29. The molecule has 0 unspecified atom stereocenters. The minimum absolute atomic E-state index is 0.0581. The Labute approximate surface area is 239 Å². The largest absolute Gasteiger partial charge is 0.377 e. The van der Waals surface area contributed by atoms with Crippen LogP contribution < -0.4 is 5.32 Å². The third-order valence-electron chi connectivity index (χ3n) is 7.62. The average molecular weight is 593 g/mol. The van der Waals surface area contributed by atoms with Crippen LogP contribution in [0.1, 0.15) is 22.4 Å². The summed E-state index contributed by atoms with van der Waals surface area (Å²) in [4.78, 5) is 45.4. The van der Waals surface area contributed by atoms with Crippen molar-refractivity contribution in [3.05, 3.63) is 71.3 Å². The lowest BCUT2D eigenvalue weighted by Gasteiger charge is -2.39. The zero-order valence-corrected chi connectivity index (χ0v) is 22.0. The summed E-state index contributed by atoms with van der Waals surface area (Å²) in [6.45, 7) is -2.83. The first kappa shape index (κ1) is 26.7. The van der Waals surface area contributed by atoms with Gasteiger partial charge in [0.05, 0.1) is 40.2 Å². The van der Waals surface area contributed by atoms with Crippen molar-refractivity contribution in [2.45, 2.75) is 25.3 Å². The number of benzene rings is 1. The van der Waals surface area contributed by atoms with Crippen LogP contribution in [0.4, 0.5) is 22.4 Å². The summed E-state index contributed by atoms with van der Waals surface area (Å²) in [6.07, 6.45) is -3.65. The van der Waals surface area contributed by atoms with Crippen LogP contribution in [-0.2, 0) is 27.4 Å². The van der Waals surface area contributed by atoms with Gasteiger partial charge >= 0.3 is 18.2 Å². The van der Waals surface area contributed by atoms with E-state index in [1.807, 2.05) is 6.07 Å². The summed E-state index contributed by atoms with van der Waals surface area (Å²) < 4.78 is 62.3. The maximum atomic E-state index is 13.9. The van der Waals surface area contributed by atoms with Crippen LogP contribution in [0.25, 0.3) is 27.7 Å². The maximum Gasteiger partial charge on any atom is 0.377 e. The Balaban J connectivity index is 1.34. The summed E-state index contributed by atoms with van der Waals surface area (Å²) in [7, 11) is 0. The number of amides is 4. The fourth-order valence-electron chi connectivity index (χ4n) is 5.96. The molecule has 3 aromatic heterocycles. The Morgan fingerprint density at radius 1 is 1.02 bits per heavy atom. The Kier molecular flexibility index (Phi) is 5.66. The van der Waals surface area contributed by atoms with E-state index in [2.05, 4.69) is 15.0 Å². The normalized spacial score (nSPS) is 19.6. The molecule has 4 amide bonds. The highest BCUT2D eigenvalue weighted by molar-refractivity contribution is 6.49. The number of urea groups is 1. The van der Waals surface area contributed by atoms with Crippen molar-refractivity contribution >= 4 is 45.5 Å². The van der Waals surface area contributed by atoms with Crippen LogP contribution in [0.5, 0.6) is 0 Å². The number of rotatable bonds is 2. The maximum absolute atomic E-state index is 13.9. The molecule has 0 atom stereocenters. The minimum atomic E-state index is -4.23. The number of imide groups is 1. The number of nitrogens with one attached hydrogen (secondary N) is 1. The van der Waals surface area contributed by atoms with Gasteiger partial charge in [-0.25, -0.2) is 9.78 Å². The van der Waals surface area contributed by atoms with E-state index in [0.29, 0.717) is 38.3 Å². The van der Waals surface area contributed by atoms with E-state index in [1.165, 1.54) is 12.3 Å². The number of hydrogen-bond donors (Lipinski definition) is 1. The average Bonchev–Trinajstić information content (AvgIpc) is 3.56. The first-order valence-corrected chi connectivity index (χ1v) is 13.0. The lowest BCUT2D eigenvalue weighted by Crippen LogP contribution is -2.59. The summed E-state index contributed by atoms with van der Waals surface area (Å²) >= 11 is 0. The molecule has 3 aliphatic heterocycles. The summed E-state index contributed by atoms with van der Waals surface area (Å²) in [5.74, 6) is -1.26. The smallest absolute Gasteiger partial charge is 0.345 e. The Bertz CT molecular complexity index is 1960. The van der Waals surface area contributed by atoms with Crippen LogP contribution in [0.2, 0.25) is 0 Å². The van der Waals surface area contributed by atoms with Gasteiger partial charge in [-0.3, -0.25) is 24.0 Å². The SMILES string of the molecule is N#Cc1cc2c3c(c1)c(C1=C(c4cnc5ccccn45)C(=O)NC1=O)cn3CCN(C(=O)N1CC(F)(F)OC(F)(F)C1)C2. The van der Waals surface area contributed by atoms with Crippen LogP contribution in [-0.4, -0.2) is 73.4 Å².